The van der Waals surface area contributed by atoms with E-state index >= 15 is 0 Å². The van der Waals surface area contributed by atoms with E-state index in [1.807, 2.05) is 12.1 Å². The third-order valence-corrected chi connectivity index (χ3v) is 4.94. The molecule has 0 fully saturated rings. The number of carbonyl (C=O) groups is 2. The highest BCUT2D eigenvalue weighted by Gasteiger charge is 2.09. The Kier molecular flexibility index (Phi) is 6.14. The lowest BCUT2D eigenvalue weighted by Crippen LogP contribution is -2.19. The third kappa shape index (κ3) is 4.80. The van der Waals surface area contributed by atoms with Crippen LogP contribution in [0.4, 0.5) is 5.69 Å². The summed E-state index contributed by atoms with van der Waals surface area (Å²) >= 11 is 7.14. The van der Waals surface area contributed by atoms with Gasteiger partial charge in [-0.1, -0.05) is 28.9 Å². The van der Waals surface area contributed by atoms with Crippen molar-refractivity contribution in [1.82, 2.24) is 4.57 Å². The summed E-state index contributed by atoms with van der Waals surface area (Å²) in [5, 5.41) is 3.32. The van der Waals surface area contributed by atoms with Gasteiger partial charge in [0.25, 0.3) is 5.91 Å². The smallest absolute Gasteiger partial charge is 0.286 e. The average Bonchev–Trinajstić information content (AvgIpc) is 2.97. The van der Waals surface area contributed by atoms with Crippen molar-refractivity contribution in [2.24, 2.45) is 4.99 Å². The van der Waals surface area contributed by atoms with Crippen LogP contribution in [0.1, 0.15) is 6.92 Å². The van der Waals surface area contributed by atoms with Gasteiger partial charge >= 0.3 is 0 Å². The van der Waals surface area contributed by atoms with E-state index in [0.29, 0.717) is 21.3 Å². The van der Waals surface area contributed by atoms with Crippen LogP contribution in [0.25, 0.3) is 10.2 Å². The molecule has 1 heterocycles. The van der Waals surface area contributed by atoms with E-state index in [4.69, 9.17) is 22.8 Å². The maximum atomic E-state index is 12.3. The second kappa shape index (κ2) is 8.74. The molecule has 3 rings (SSSR count). The van der Waals surface area contributed by atoms with E-state index < -0.39 is 5.91 Å². The van der Waals surface area contributed by atoms with Gasteiger partial charge in [0.1, 0.15) is 5.75 Å². The number of halogens is 1. The van der Waals surface area contributed by atoms with E-state index in [1.54, 1.807) is 34.9 Å². The molecular formula is C20H16ClN3O3S. The summed E-state index contributed by atoms with van der Waals surface area (Å²) in [6.07, 6.45) is 5.47. The molecule has 0 aliphatic rings. The van der Waals surface area contributed by atoms with Crippen molar-refractivity contribution in [2.75, 3.05) is 11.9 Å². The fourth-order valence-corrected chi connectivity index (χ4v) is 3.71. The molecule has 3 aromatic rings. The summed E-state index contributed by atoms with van der Waals surface area (Å²) < 4.78 is 8.07. The van der Waals surface area contributed by atoms with Crippen molar-refractivity contribution in [2.45, 2.75) is 13.5 Å². The summed E-state index contributed by atoms with van der Waals surface area (Å²) in [6, 6.07) is 12.1. The molecule has 1 N–H and O–H groups in total. The number of carbonyl (C=O) groups excluding carboxylic acids is 2. The molecule has 142 valence electrons. The topological polar surface area (TPSA) is 72.7 Å². The molecular weight excluding hydrogens is 398 g/mol. The number of benzene rings is 2. The molecule has 0 aliphatic carbocycles. The maximum absolute atomic E-state index is 12.3. The highest BCUT2D eigenvalue weighted by Crippen LogP contribution is 2.22. The number of hydrogen-bond donors (Lipinski definition) is 1. The molecule has 6 nitrogen and oxygen atoms in total. The first-order valence-corrected chi connectivity index (χ1v) is 9.46. The number of anilines is 1. The van der Waals surface area contributed by atoms with Crippen molar-refractivity contribution in [1.29, 1.82) is 0 Å². The van der Waals surface area contributed by atoms with Gasteiger partial charge in [-0.15, -0.1) is 6.42 Å². The van der Waals surface area contributed by atoms with Crippen LogP contribution in [-0.2, 0) is 16.1 Å². The van der Waals surface area contributed by atoms with Gasteiger partial charge in [-0.3, -0.25) is 9.59 Å². The van der Waals surface area contributed by atoms with Gasteiger partial charge in [0.15, 0.2) is 11.4 Å². The molecule has 0 aliphatic heterocycles. The van der Waals surface area contributed by atoms with Gasteiger partial charge in [0.05, 0.1) is 16.8 Å². The van der Waals surface area contributed by atoms with Crippen LogP contribution in [0.3, 0.4) is 0 Å². The van der Waals surface area contributed by atoms with Gasteiger partial charge in [0.2, 0.25) is 5.91 Å². The van der Waals surface area contributed by atoms with Crippen molar-refractivity contribution >= 4 is 50.7 Å². The fraction of sp³-hybridized carbons (Fsp3) is 0.150. The molecule has 0 saturated heterocycles. The Hall–Kier alpha value is -3.08. The lowest BCUT2D eigenvalue weighted by Gasteiger charge is -2.04. The van der Waals surface area contributed by atoms with Crippen LogP contribution in [0.2, 0.25) is 5.02 Å². The predicted molar refractivity (Wildman–Crippen MR) is 110 cm³/mol. The van der Waals surface area contributed by atoms with Crippen LogP contribution in [-0.4, -0.2) is 23.0 Å². The molecule has 1 aromatic heterocycles. The van der Waals surface area contributed by atoms with Gasteiger partial charge < -0.3 is 14.6 Å². The summed E-state index contributed by atoms with van der Waals surface area (Å²) in [5.41, 5.74) is 1.50. The number of nitrogens with zero attached hydrogens (tertiary/aromatic N) is 2. The molecule has 0 bridgehead atoms. The van der Waals surface area contributed by atoms with Gasteiger partial charge in [-0.05, 0) is 42.5 Å². The maximum Gasteiger partial charge on any atom is 0.286 e. The van der Waals surface area contributed by atoms with E-state index in [9.17, 15) is 9.59 Å². The molecule has 0 spiro atoms. The van der Waals surface area contributed by atoms with Crippen molar-refractivity contribution in [3.63, 3.8) is 0 Å². The first kappa shape index (κ1) is 19.7. The predicted octanol–water partition coefficient (Wildman–Crippen LogP) is 3.45. The van der Waals surface area contributed by atoms with Crippen LogP contribution in [0.15, 0.2) is 47.5 Å². The summed E-state index contributed by atoms with van der Waals surface area (Å²) in [6.45, 7) is 1.50. The number of amides is 2. The van der Waals surface area contributed by atoms with Crippen LogP contribution in [0, 0.1) is 12.3 Å². The SMILES string of the molecule is C#CCn1c(=NC(=O)COc2ccc(Cl)cc2)sc2cc(NC(C)=O)ccc21. The molecule has 0 radical (unpaired) electrons. The van der Waals surface area contributed by atoms with Crippen LogP contribution >= 0.6 is 22.9 Å². The Morgan fingerprint density at radius 3 is 2.71 bits per heavy atom. The zero-order valence-electron chi connectivity index (χ0n) is 14.9. The van der Waals surface area contributed by atoms with E-state index in [1.165, 1.54) is 18.3 Å². The van der Waals surface area contributed by atoms with E-state index in [2.05, 4.69) is 16.2 Å². The van der Waals surface area contributed by atoms with Gasteiger partial charge in [-0.25, -0.2) is 0 Å². The minimum absolute atomic E-state index is 0.160. The molecule has 0 saturated carbocycles. The van der Waals surface area contributed by atoms with Crippen LogP contribution in [0.5, 0.6) is 5.75 Å². The Morgan fingerprint density at radius 1 is 1.29 bits per heavy atom. The number of fused-ring (bicyclic) bond motifs is 1. The first-order valence-electron chi connectivity index (χ1n) is 8.26. The first-order chi connectivity index (χ1) is 13.5. The molecule has 2 amide bonds. The van der Waals surface area contributed by atoms with E-state index in [0.717, 1.165) is 10.2 Å². The number of aromatic nitrogens is 1. The summed E-state index contributed by atoms with van der Waals surface area (Å²) in [5.74, 6) is 2.50. The monoisotopic (exact) mass is 413 g/mol. The largest absolute Gasteiger partial charge is 0.484 e. The van der Waals surface area contributed by atoms with Crippen molar-refractivity contribution in [3.05, 3.63) is 52.3 Å². The zero-order chi connectivity index (χ0) is 20.1. The van der Waals surface area contributed by atoms with Crippen molar-refractivity contribution in [3.8, 4) is 18.1 Å². The standard InChI is InChI=1S/C20H16ClN3O3S/c1-3-10-24-17-9-6-15(22-13(2)25)11-18(17)28-20(24)23-19(26)12-27-16-7-4-14(21)5-8-16/h1,4-9,11H,10,12H2,2H3,(H,22,25). The quantitative estimate of drug-likeness (QED) is 0.651. The average molecular weight is 414 g/mol. The number of rotatable bonds is 5. The number of terminal acetylenes is 1. The van der Waals surface area contributed by atoms with Crippen LogP contribution < -0.4 is 14.9 Å². The highest BCUT2D eigenvalue weighted by atomic mass is 35.5. The number of nitrogens with one attached hydrogen (secondary N) is 1. The lowest BCUT2D eigenvalue weighted by molar-refractivity contribution is -0.120. The molecule has 2 aromatic carbocycles. The van der Waals surface area contributed by atoms with Gasteiger partial charge in [-0.2, -0.15) is 4.99 Å². The van der Waals surface area contributed by atoms with Crippen molar-refractivity contribution < 1.29 is 14.3 Å². The minimum atomic E-state index is -0.436. The summed E-state index contributed by atoms with van der Waals surface area (Å²) in [7, 11) is 0. The fourth-order valence-electron chi connectivity index (χ4n) is 2.50. The normalized spacial score (nSPS) is 11.2. The molecule has 8 heteroatoms. The molecule has 0 unspecified atom stereocenters. The Balaban J connectivity index is 1.87. The Labute approximate surface area is 170 Å². The van der Waals surface area contributed by atoms with Gasteiger partial charge in [0, 0.05) is 17.6 Å². The number of ether oxygens (including phenoxy) is 1. The molecule has 28 heavy (non-hydrogen) atoms. The number of thiazole rings is 1. The third-order valence-electron chi connectivity index (χ3n) is 3.65. The minimum Gasteiger partial charge on any atom is -0.484 e. The summed E-state index contributed by atoms with van der Waals surface area (Å²) in [4.78, 5) is 28.1. The zero-order valence-corrected chi connectivity index (χ0v) is 16.5. The second-order valence-corrected chi connectivity index (χ2v) is 7.23. The second-order valence-electron chi connectivity index (χ2n) is 5.79. The molecule has 0 atom stereocenters. The Morgan fingerprint density at radius 2 is 2.04 bits per heavy atom. The number of hydrogen-bond acceptors (Lipinski definition) is 4. The lowest BCUT2D eigenvalue weighted by atomic mass is 10.3. The Bertz CT molecular complexity index is 1140. The highest BCUT2D eigenvalue weighted by molar-refractivity contribution is 7.16. The van der Waals surface area contributed by atoms with E-state index in [-0.39, 0.29) is 19.1 Å².